The van der Waals surface area contributed by atoms with Crippen LogP contribution in [0, 0.1) is 0 Å². The van der Waals surface area contributed by atoms with Crippen molar-refractivity contribution in [2.24, 2.45) is 4.99 Å². The third-order valence-corrected chi connectivity index (χ3v) is 3.02. The number of imide groups is 1. The van der Waals surface area contributed by atoms with Crippen molar-refractivity contribution in [2.45, 2.75) is 13.0 Å². The molecule has 0 saturated carbocycles. The van der Waals surface area contributed by atoms with Gasteiger partial charge in [-0.1, -0.05) is 0 Å². The summed E-state index contributed by atoms with van der Waals surface area (Å²) in [5, 5.41) is 0. The largest absolute Gasteiger partial charge is 0.496 e. The van der Waals surface area contributed by atoms with E-state index in [-0.39, 0.29) is 11.9 Å². The Kier molecular flexibility index (Phi) is 2.60. The minimum Gasteiger partial charge on any atom is -0.432 e. The first kappa shape index (κ1) is 11.6. The van der Waals surface area contributed by atoms with E-state index in [2.05, 4.69) is 4.99 Å². The number of carbonyl (C=O) groups is 2. The summed E-state index contributed by atoms with van der Waals surface area (Å²) in [5.74, 6) is 0.151. The third kappa shape index (κ3) is 1.42. The monoisotopic (exact) mass is 239 g/mol. The summed E-state index contributed by atoms with van der Waals surface area (Å²) >= 11 is 0. The number of hydrogen-bond donors (Lipinski definition) is 0. The molecule has 0 N–H and O–H groups in total. The molecular weight excluding hydrogens is 224 g/mol. The van der Waals surface area contributed by atoms with Crippen LogP contribution in [-0.2, 0) is 9.53 Å². The van der Waals surface area contributed by atoms with Crippen LogP contribution in [0.25, 0.3) is 0 Å². The zero-order valence-electron chi connectivity index (χ0n) is 10.3. The molecule has 7 heteroatoms. The molecule has 92 valence electrons. The van der Waals surface area contributed by atoms with Crippen LogP contribution in [0.2, 0.25) is 0 Å². The summed E-state index contributed by atoms with van der Waals surface area (Å²) in [7, 11) is 4.57. The van der Waals surface area contributed by atoms with Gasteiger partial charge >= 0.3 is 12.1 Å². The molecule has 7 nitrogen and oxygen atoms in total. The lowest BCUT2D eigenvalue weighted by atomic mass is 10.1. The Morgan fingerprint density at radius 2 is 2.00 bits per heavy atom. The number of rotatable bonds is 1. The van der Waals surface area contributed by atoms with E-state index in [0.717, 1.165) is 4.90 Å². The van der Waals surface area contributed by atoms with Gasteiger partial charge in [-0.2, -0.15) is 0 Å². The van der Waals surface area contributed by atoms with Gasteiger partial charge in [0.15, 0.2) is 0 Å². The minimum atomic E-state index is -0.553. The van der Waals surface area contributed by atoms with Crippen molar-refractivity contribution in [1.82, 2.24) is 9.80 Å². The van der Waals surface area contributed by atoms with E-state index in [0.29, 0.717) is 18.4 Å². The highest BCUT2D eigenvalue weighted by Gasteiger charge is 2.53. The average Bonchev–Trinajstić information content (AvgIpc) is 2.72. The van der Waals surface area contributed by atoms with E-state index in [4.69, 9.17) is 4.74 Å². The highest BCUT2D eigenvalue weighted by Crippen LogP contribution is 2.18. The fourth-order valence-electron chi connectivity index (χ4n) is 2.06. The van der Waals surface area contributed by atoms with Gasteiger partial charge in [-0.25, -0.2) is 9.37 Å². The molecule has 0 spiro atoms. The normalized spacial score (nSPS) is 24.2. The van der Waals surface area contributed by atoms with Crippen molar-refractivity contribution in [3.05, 3.63) is 0 Å². The van der Waals surface area contributed by atoms with Crippen LogP contribution < -0.4 is 0 Å². The van der Waals surface area contributed by atoms with E-state index < -0.39 is 6.04 Å². The Morgan fingerprint density at radius 1 is 1.35 bits per heavy atom. The Bertz CT molecular complexity index is 454. The Morgan fingerprint density at radius 3 is 2.53 bits per heavy atom. The number of amides is 3. The number of urea groups is 1. The molecule has 0 bridgehead atoms. The zero-order chi connectivity index (χ0) is 12.7. The predicted molar refractivity (Wildman–Crippen MR) is 60.0 cm³/mol. The minimum absolute atomic E-state index is 0.277. The number of nitrogens with zero attached hydrogens (tertiary/aromatic N) is 4. The summed E-state index contributed by atoms with van der Waals surface area (Å²) in [6.45, 7) is 2.49. The first-order chi connectivity index (χ1) is 8.02. The first-order valence-corrected chi connectivity index (χ1v) is 5.34. The Hall–Kier alpha value is -1.92. The van der Waals surface area contributed by atoms with Gasteiger partial charge in [0.25, 0.3) is 17.8 Å². The van der Waals surface area contributed by atoms with Crippen molar-refractivity contribution in [3.63, 3.8) is 0 Å². The molecule has 2 aliphatic heterocycles. The fourth-order valence-corrected chi connectivity index (χ4v) is 2.06. The van der Waals surface area contributed by atoms with Gasteiger partial charge in [-0.15, -0.1) is 0 Å². The van der Waals surface area contributed by atoms with Crippen LogP contribution in [0.5, 0.6) is 0 Å². The van der Waals surface area contributed by atoms with E-state index in [1.165, 1.54) is 19.1 Å². The van der Waals surface area contributed by atoms with Crippen molar-refractivity contribution < 1.29 is 18.9 Å². The molecule has 0 aromatic carbocycles. The van der Waals surface area contributed by atoms with E-state index in [1.807, 2.05) is 6.92 Å². The van der Waals surface area contributed by atoms with Crippen LogP contribution in [0.15, 0.2) is 4.99 Å². The van der Waals surface area contributed by atoms with Crippen molar-refractivity contribution in [2.75, 3.05) is 27.7 Å². The molecule has 1 atom stereocenters. The van der Waals surface area contributed by atoms with Crippen LogP contribution in [0.3, 0.4) is 0 Å². The smallest absolute Gasteiger partial charge is 0.432 e. The number of carbonyl (C=O) groups excluding carboxylic acids is 2. The van der Waals surface area contributed by atoms with E-state index in [9.17, 15) is 9.59 Å². The predicted octanol–water partition coefficient (Wildman–Crippen LogP) is -0.674. The number of aliphatic imine (C=N–C) groups is 1. The fraction of sp³-hybridized carbons (Fsp3) is 0.600. The second-order valence-electron chi connectivity index (χ2n) is 3.88. The molecule has 0 aliphatic carbocycles. The molecule has 2 aliphatic rings. The summed E-state index contributed by atoms with van der Waals surface area (Å²) in [6, 6.07) is -0.558. The average molecular weight is 239 g/mol. The molecule has 0 radical (unpaired) electrons. The molecular formula is C10H15N4O3+. The van der Waals surface area contributed by atoms with Crippen LogP contribution >= 0.6 is 0 Å². The number of likely N-dealkylation sites (N-methyl/N-ethyl adjacent to an activating group) is 3. The van der Waals surface area contributed by atoms with Gasteiger partial charge in [0.2, 0.25) is 0 Å². The highest BCUT2D eigenvalue weighted by atomic mass is 16.5. The van der Waals surface area contributed by atoms with Crippen LogP contribution in [0.4, 0.5) is 4.79 Å². The maximum absolute atomic E-state index is 12.1. The number of methoxy groups -OCH3 is 1. The quantitative estimate of drug-likeness (QED) is 0.570. The van der Waals surface area contributed by atoms with Gasteiger partial charge in [-0.3, -0.25) is 14.6 Å². The van der Waals surface area contributed by atoms with Crippen molar-refractivity contribution in [1.29, 1.82) is 0 Å². The third-order valence-electron chi connectivity index (χ3n) is 3.02. The lowest BCUT2D eigenvalue weighted by Crippen LogP contribution is -2.61. The zero-order valence-corrected chi connectivity index (χ0v) is 10.3. The van der Waals surface area contributed by atoms with Crippen molar-refractivity contribution >= 4 is 23.8 Å². The van der Waals surface area contributed by atoms with Gasteiger partial charge in [0, 0.05) is 19.1 Å². The SMILES string of the molecule is CC[N+]1=C(OC)N=C2C1C(=O)N(C)C(=O)N2C. The summed E-state index contributed by atoms with van der Waals surface area (Å²) in [5.41, 5.74) is 0. The molecule has 3 amide bonds. The number of hydrogen-bond acceptors (Lipinski definition) is 4. The lowest BCUT2D eigenvalue weighted by molar-refractivity contribution is -0.539. The maximum atomic E-state index is 12.1. The Labute approximate surface area is 99.0 Å². The second-order valence-corrected chi connectivity index (χ2v) is 3.88. The molecule has 1 unspecified atom stereocenters. The van der Waals surface area contributed by atoms with Gasteiger partial charge < -0.3 is 4.74 Å². The Balaban J connectivity index is 2.48. The lowest BCUT2D eigenvalue weighted by Gasteiger charge is -2.30. The van der Waals surface area contributed by atoms with Gasteiger partial charge in [-0.05, 0) is 6.92 Å². The number of amidine groups is 2. The second kappa shape index (κ2) is 3.83. The first-order valence-electron chi connectivity index (χ1n) is 5.34. The molecule has 17 heavy (non-hydrogen) atoms. The molecule has 1 fully saturated rings. The number of ether oxygens (including phenoxy) is 1. The molecule has 2 rings (SSSR count). The topological polar surface area (TPSA) is 65.2 Å². The van der Waals surface area contributed by atoms with Crippen molar-refractivity contribution in [3.8, 4) is 0 Å². The van der Waals surface area contributed by atoms with Gasteiger partial charge in [0.05, 0.1) is 13.7 Å². The van der Waals surface area contributed by atoms with Crippen LogP contribution in [-0.4, -0.2) is 72.0 Å². The summed E-state index contributed by atoms with van der Waals surface area (Å²) in [6.07, 6.45) is 0. The van der Waals surface area contributed by atoms with E-state index >= 15 is 0 Å². The molecule has 0 aromatic rings. The standard InChI is InChI=1S/C10H15N4O3/c1-5-14-6-7(11-9(14)17-4)12(2)10(16)13(3)8(6)15/h6H,5H2,1-4H3/q+1. The van der Waals surface area contributed by atoms with Crippen LogP contribution in [0.1, 0.15) is 6.92 Å². The highest BCUT2D eigenvalue weighted by molar-refractivity contribution is 6.22. The molecule has 1 saturated heterocycles. The maximum Gasteiger partial charge on any atom is 0.496 e. The molecule has 0 aromatic heterocycles. The number of fused-ring (bicyclic) bond motifs is 1. The van der Waals surface area contributed by atoms with E-state index in [1.54, 1.807) is 11.6 Å². The molecule has 2 heterocycles. The summed E-state index contributed by atoms with van der Waals surface area (Å²) in [4.78, 5) is 30.5. The van der Waals surface area contributed by atoms with Gasteiger partial charge in [0.1, 0.15) is 0 Å². The summed E-state index contributed by atoms with van der Waals surface area (Å²) < 4.78 is 6.85.